The molecule has 0 radical (unpaired) electrons. The van der Waals surface area contributed by atoms with Gasteiger partial charge in [-0.25, -0.2) is 8.42 Å². The largest absolute Gasteiger partial charge is 0.371 e. The molecular weight excluding hydrogens is 358 g/mol. The second-order valence-electron chi connectivity index (χ2n) is 6.61. The molecule has 1 saturated heterocycles. The van der Waals surface area contributed by atoms with E-state index in [-0.39, 0.29) is 6.10 Å². The van der Waals surface area contributed by atoms with Crippen molar-refractivity contribution in [3.63, 3.8) is 0 Å². The van der Waals surface area contributed by atoms with E-state index in [0.29, 0.717) is 35.5 Å². The van der Waals surface area contributed by atoms with Crippen molar-refractivity contribution in [2.24, 2.45) is 0 Å². The van der Waals surface area contributed by atoms with Crippen molar-refractivity contribution in [3.8, 4) is 0 Å². The molecule has 134 valence electrons. The Morgan fingerprint density at radius 1 is 1.08 bits per heavy atom. The van der Waals surface area contributed by atoms with E-state index in [4.69, 9.17) is 16.3 Å². The molecule has 0 bridgehead atoms. The summed E-state index contributed by atoms with van der Waals surface area (Å²) in [5, 5.41) is 0.688. The fourth-order valence-corrected chi connectivity index (χ4v) is 4.30. The third kappa shape index (κ3) is 4.23. The van der Waals surface area contributed by atoms with E-state index in [2.05, 4.69) is 13.8 Å². The molecule has 25 heavy (non-hydrogen) atoms. The van der Waals surface area contributed by atoms with Crippen LogP contribution in [0, 0.1) is 0 Å². The molecule has 2 aromatic carbocycles. The highest BCUT2D eigenvalue weighted by Gasteiger charge is 2.37. The zero-order valence-corrected chi connectivity index (χ0v) is 15.9. The second kappa shape index (κ2) is 7.46. The summed E-state index contributed by atoms with van der Waals surface area (Å²) in [4.78, 5) is 0.341. The Balaban J connectivity index is 1.54. The Kier molecular flexibility index (Phi) is 5.49. The van der Waals surface area contributed by atoms with Crippen molar-refractivity contribution in [2.75, 3.05) is 13.1 Å². The van der Waals surface area contributed by atoms with E-state index >= 15 is 0 Å². The van der Waals surface area contributed by atoms with Gasteiger partial charge in [0.25, 0.3) is 0 Å². The van der Waals surface area contributed by atoms with Crippen molar-refractivity contribution in [2.45, 2.75) is 37.4 Å². The molecule has 0 unspecified atom stereocenters. The van der Waals surface area contributed by atoms with Crippen LogP contribution in [0.1, 0.15) is 30.9 Å². The van der Waals surface area contributed by atoms with Gasteiger partial charge in [-0.3, -0.25) is 0 Å². The number of rotatable bonds is 6. The van der Waals surface area contributed by atoms with E-state index in [9.17, 15) is 8.42 Å². The first kappa shape index (κ1) is 18.4. The fourth-order valence-electron chi connectivity index (χ4n) is 2.67. The third-order valence-corrected chi connectivity index (χ3v) is 6.50. The Morgan fingerprint density at radius 2 is 1.68 bits per heavy atom. The molecule has 0 aliphatic carbocycles. The van der Waals surface area contributed by atoms with Gasteiger partial charge in [0.05, 0.1) is 17.6 Å². The van der Waals surface area contributed by atoms with Gasteiger partial charge in [-0.2, -0.15) is 4.31 Å². The van der Waals surface area contributed by atoms with Crippen LogP contribution in [0.3, 0.4) is 0 Å². The molecule has 0 saturated carbocycles. The monoisotopic (exact) mass is 379 g/mol. The summed E-state index contributed by atoms with van der Waals surface area (Å²) >= 11 is 5.85. The predicted octanol–water partition coefficient (Wildman–Crippen LogP) is 4.05. The van der Waals surface area contributed by atoms with Gasteiger partial charge in [0.2, 0.25) is 10.0 Å². The Bertz CT molecular complexity index is 811. The maximum absolute atomic E-state index is 12.6. The van der Waals surface area contributed by atoms with Gasteiger partial charge in [0.15, 0.2) is 0 Å². The number of benzene rings is 2. The molecule has 3 rings (SSSR count). The lowest BCUT2D eigenvalue weighted by molar-refractivity contribution is -0.0295. The quantitative estimate of drug-likeness (QED) is 0.760. The minimum absolute atomic E-state index is 0.0691. The van der Waals surface area contributed by atoms with E-state index in [1.165, 1.54) is 4.31 Å². The average Bonchev–Trinajstić information content (AvgIpc) is 2.55. The van der Waals surface area contributed by atoms with Gasteiger partial charge in [-0.15, -0.1) is 0 Å². The summed E-state index contributed by atoms with van der Waals surface area (Å²) in [6.45, 7) is 5.41. The lowest BCUT2D eigenvalue weighted by Crippen LogP contribution is -2.54. The highest BCUT2D eigenvalue weighted by Crippen LogP contribution is 2.25. The van der Waals surface area contributed by atoms with Crippen LogP contribution < -0.4 is 0 Å². The topological polar surface area (TPSA) is 46.6 Å². The lowest BCUT2D eigenvalue weighted by Gasteiger charge is -2.37. The van der Waals surface area contributed by atoms with Gasteiger partial charge >= 0.3 is 0 Å². The minimum atomic E-state index is -3.43. The van der Waals surface area contributed by atoms with Crippen molar-refractivity contribution in [1.29, 1.82) is 0 Å². The van der Waals surface area contributed by atoms with Crippen molar-refractivity contribution >= 4 is 21.6 Å². The Labute approximate surface area is 154 Å². The van der Waals surface area contributed by atoms with Crippen molar-refractivity contribution in [1.82, 2.24) is 4.31 Å². The summed E-state index contributed by atoms with van der Waals surface area (Å²) in [6, 6.07) is 14.6. The minimum Gasteiger partial charge on any atom is -0.371 e. The number of halogens is 1. The van der Waals surface area contributed by atoms with Gasteiger partial charge in [-0.1, -0.05) is 49.7 Å². The standard InChI is InChI=1S/C19H22ClNO3S/c1-14(2)16-5-9-19(10-6-16)25(22,23)21-11-18(12-21)24-13-15-3-7-17(20)8-4-15/h3-10,14,18H,11-13H2,1-2H3. The molecule has 2 aromatic rings. The zero-order valence-electron chi connectivity index (χ0n) is 14.4. The summed E-state index contributed by atoms with van der Waals surface area (Å²) in [5.41, 5.74) is 2.15. The van der Waals surface area contributed by atoms with Gasteiger partial charge in [0, 0.05) is 18.1 Å². The summed E-state index contributed by atoms with van der Waals surface area (Å²) in [7, 11) is -3.43. The smallest absolute Gasteiger partial charge is 0.243 e. The van der Waals surface area contributed by atoms with E-state index in [1.807, 2.05) is 36.4 Å². The van der Waals surface area contributed by atoms with Gasteiger partial charge in [0.1, 0.15) is 0 Å². The average molecular weight is 380 g/mol. The van der Waals surface area contributed by atoms with Crippen molar-refractivity contribution in [3.05, 3.63) is 64.7 Å². The molecule has 1 heterocycles. The van der Waals surface area contributed by atoms with Gasteiger partial charge in [-0.05, 0) is 41.3 Å². The molecular formula is C19H22ClNO3S. The molecule has 1 aliphatic rings. The Morgan fingerprint density at radius 3 is 2.24 bits per heavy atom. The molecule has 1 aliphatic heterocycles. The maximum Gasteiger partial charge on any atom is 0.243 e. The van der Waals surface area contributed by atoms with Crippen LogP contribution in [0.25, 0.3) is 0 Å². The lowest BCUT2D eigenvalue weighted by atomic mass is 10.0. The first-order valence-electron chi connectivity index (χ1n) is 8.32. The van der Waals surface area contributed by atoms with Crippen LogP contribution in [0.2, 0.25) is 5.02 Å². The van der Waals surface area contributed by atoms with Crippen molar-refractivity contribution < 1.29 is 13.2 Å². The second-order valence-corrected chi connectivity index (χ2v) is 8.98. The molecule has 0 amide bonds. The van der Waals surface area contributed by atoms with Crippen LogP contribution >= 0.6 is 11.6 Å². The maximum atomic E-state index is 12.6. The highest BCUT2D eigenvalue weighted by atomic mass is 35.5. The normalized spacial score (nSPS) is 16.2. The number of sulfonamides is 1. The van der Waals surface area contributed by atoms with Crippen LogP contribution in [-0.4, -0.2) is 31.9 Å². The zero-order chi connectivity index (χ0) is 18.0. The van der Waals surface area contributed by atoms with E-state index < -0.39 is 10.0 Å². The molecule has 6 heteroatoms. The van der Waals surface area contributed by atoms with Crippen LogP contribution in [0.5, 0.6) is 0 Å². The van der Waals surface area contributed by atoms with Gasteiger partial charge < -0.3 is 4.74 Å². The SMILES string of the molecule is CC(C)c1ccc(S(=O)(=O)N2CC(OCc3ccc(Cl)cc3)C2)cc1. The molecule has 0 spiro atoms. The Hall–Kier alpha value is -1.40. The summed E-state index contributed by atoms with van der Waals surface area (Å²) in [6.07, 6.45) is -0.0691. The molecule has 0 atom stereocenters. The first-order valence-corrected chi connectivity index (χ1v) is 10.1. The molecule has 1 fully saturated rings. The number of nitrogens with zero attached hydrogens (tertiary/aromatic N) is 1. The number of hydrogen-bond acceptors (Lipinski definition) is 3. The van der Waals surface area contributed by atoms with Crippen LogP contribution in [0.15, 0.2) is 53.4 Å². The molecule has 0 aromatic heterocycles. The number of ether oxygens (including phenoxy) is 1. The fraction of sp³-hybridized carbons (Fsp3) is 0.368. The summed E-state index contributed by atoms with van der Waals surface area (Å²) in [5.74, 6) is 0.381. The third-order valence-electron chi connectivity index (χ3n) is 4.40. The predicted molar refractivity (Wildman–Crippen MR) is 99.3 cm³/mol. The molecule has 4 nitrogen and oxygen atoms in total. The van der Waals surface area contributed by atoms with Crippen LogP contribution in [-0.2, 0) is 21.4 Å². The highest BCUT2D eigenvalue weighted by molar-refractivity contribution is 7.89. The molecule has 0 N–H and O–H groups in total. The first-order chi connectivity index (χ1) is 11.9. The van der Waals surface area contributed by atoms with Crippen LogP contribution in [0.4, 0.5) is 0 Å². The van der Waals surface area contributed by atoms with E-state index in [0.717, 1.165) is 11.1 Å². The number of hydrogen-bond donors (Lipinski definition) is 0. The van der Waals surface area contributed by atoms with E-state index in [1.54, 1.807) is 12.1 Å². The summed E-state index contributed by atoms with van der Waals surface area (Å²) < 4.78 is 32.4.